The third kappa shape index (κ3) is 1.95. The third-order valence-electron chi connectivity index (χ3n) is 3.86. The number of aromatic carboxylic acids is 1. The van der Waals surface area contributed by atoms with E-state index in [1.54, 1.807) is 34.9 Å². The van der Waals surface area contributed by atoms with Gasteiger partial charge in [-0.3, -0.25) is 4.57 Å². The summed E-state index contributed by atoms with van der Waals surface area (Å²) in [5.74, 6) is -1.06. The summed E-state index contributed by atoms with van der Waals surface area (Å²) < 4.78 is 1.58. The van der Waals surface area contributed by atoms with Crippen molar-refractivity contribution >= 4 is 39.7 Å². The van der Waals surface area contributed by atoms with Gasteiger partial charge in [0.2, 0.25) is 0 Å². The fourth-order valence-electron chi connectivity index (χ4n) is 2.76. The monoisotopic (exact) mass is 319 g/mol. The molecule has 0 aliphatic carbocycles. The van der Waals surface area contributed by atoms with Gasteiger partial charge in [-0.05, 0) is 36.4 Å². The Balaban J connectivity index is 2.15. The number of rotatable bonds is 2. The van der Waals surface area contributed by atoms with Gasteiger partial charge in [-0.25, -0.2) is 14.8 Å². The van der Waals surface area contributed by atoms with Gasteiger partial charge in [-0.2, -0.15) is 0 Å². The molecule has 2 aromatic heterocycles. The second kappa shape index (κ2) is 4.95. The van der Waals surface area contributed by atoms with Crippen LogP contribution in [0.5, 0.6) is 0 Å². The van der Waals surface area contributed by atoms with E-state index in [-0.39, 0.29) is 16.9 Å². The van der Waals surface area contributed by atoms with Gasteiger partial charge >= 0.3 is 5.97 Å². The first-order valence-electron chi connectivity index (χ1n) is 7.22. The Morgan fingerprint density at radius 3 is 2.21 bits per heavy atom. The number of aromatic nitrogens is 3. The minimum Gasteiger partial charge on any atom is -0.477 e. The molecule has 0 unspecified atom stereocenters. The van der Waals surface area contributed by atoms with Gasteiger partial charge in [0, 0.05) is 11.4 Å². The summed E-state index contributed by atoms with van der Waals surface area (Å²) in [5, 5.41) is 9.56. The molecule has 2 heterocycles. The van der Waals surface area contributed by atoms with Crippen LogP contribution >= 0.6 is 0 Å². The number of nitrogen functional groups attached to an aromatic ring is 2. The van der Waals surface area contributed by atoms with Crippen LogP contribution < -0.4 is 11.5 Å². The maximum absolute atomic E-state index is 11.7. The zero-order valence-corrected chi connectivity index (χ0v) is 12.5. The van der Waals surface area contributed by atoms with Crippen molar-refractivity contribution in [3.8, 4) is 5.69 Å². The van der Waals surface area contributed by atoms with E-state index in [1.165, 1.54) is 0 Å². The molecule has 118 valence electrons. The van der Waals surface area contributed by atoms with Crippen LogP contribution in [-0.2, 0) is 0 Å². The van der Waals surface area contributed by atoms with Gasteiger partial charge in [-0.15, -0.1) is 0 Å². The molecule has 0 aliphatic rings. The van der Waals surface area contributed by atoms with Crippen molar-refractivity contribution in [1.29, 1.82) is 0 Å². The molecule has 0 radical (unpaired) electrons. The van der Waals surface area contributed by atoms with E-state index in [1.807, 2.05) is 18.2 Å². The minimum atomic E-state index is -1.14. The van der Waals surface area contributed by atoms with E-state index in [4.69, 9.17) is 11.5 Å². The van der Waals surface area contributed by atoms with Crippen molar-refractivity contribution in [2.24, 2.45) is 0 Å². The highest BCUT2D eigenvalue weighted by Crippen LogP contribution is 2.31. The van der Waals surface area contributed by atoms with Crippen LogP contribution in [0.15, 0.2) is 48.5 Å². The summed E-state index contributed by atoms with van der Waals surface area (Å²) in [6.07, 6.45) is 0. The molecule has 4 aromatic rings. The van der Waals surface area contributed by atoms with Crippen molar-refractivity contribution in [3.63, 3.8) is 0 Å². The predicted molar refractivity (Wildman–Crippen MR) is 92.2 cm³/mol. The standard InChI is InChI=1S/C17H13N5O2/c18-9-5-7-10(8-6-9)22-15(19)13(17(23)24)14-16(22)21-12-4-2-1-3-11(12)20-14/h1-8H,18-19H2,(H,23,24). The summed E-state index contributed by atoms with van der Waals surface area (Å²) in [6, 6.07) is 14.2. The highest BCUT2D eigenvalue weighted by molar-refractivity contribution is 6.08. The number of carbonyl (C=O) groups is 1. The molecule has 0 saturated carbocycles. The summed E-state index contributed by atoms with van der Waals surface area (Å²) in [6.45, 7) is 0. The maximum atomic E-state index is 11.7. The Labute approximate surface area is 136 Å². The number of hydrogen-bond acceptors (Lipinski definition) is 5. The zero-order chi connectivity index (χ0) is 16.8. The Hall–Kier alpha value is -3.61. The number of carboxylic acids is 1. The number of nitrogens with two attached hydrogens (primary N) is 2. The molecule has 0 amide bonds. The van der Waals surface area contributed by atoms with Crippen LogP contribution in [-0.4, -0.2) is 25.6 Å². The topological polar surface area (TPSA) is 120 Å². The zero-order valence-electron chi connectivity index (χ0n) is 12.5. The summed E-state index contributed by atoms with van der Waals surface area (Å²) >= 11 is 0. The molecule has 0 spiro atoms. The van der Waals surface area contributed by atoms with Crippen molar-refractivity contribution in [2.75, 3.05) is 11.5 Å². The number of para-hydroxylation sites is 2. The molecule has 0 aliphatic heterocycles. The first-order chi connectivity index (χ1) is 11.6. The van der Waals surface area contributed by atoms with Gasteiger partial charge in [0.15, 0.2) is 5.65 Å². The molecule has 0 saturated heterocycles. The number of benzene rings is 2. The molecule has 24 heavy (non-hydrogen) atoms. The van der Waals surface area contributed by atoms with E-state index in [9.17, 15) is 9.90 Å². The SMILES string of the molecule is Nc1ccc(-n2c(N)c(C(=O)O)c3nc4ccccc4nc32)cc1. The van der Waals surface area contributed by atoms with E-state index in [0.29, 0.717) is 28.1 Å². The summed E-state index contributed by atoms with van der Waals surface area (Å²) in [5.41, 5.74) is 15.0. The van der Waals surface area contributed by atoms with Gasteiger partial charge in [-0.1, -0.05) is 12.1 Å². The number of carboxylic acid groups (broad SMARTS) is 1. The van der Waals surface area contributed by atoms with Crippen LogP contribution in [0.1, 0.15) is 10.4 Å². The fraction of sp³-hybridized carbons (Fsp3) is 0. The lowest BCUT2D eigenvalue weighted by molar-refractivity contribution is 0.0700. The first-order valence-corrected chi connectivity index (χ1v) is 7.22. The number of fused-ring (bicyclic) bond motifs is 2. The summed E-state index contributed by atoms with van der Waals surface area (Å²) in [4.78, 5) is 20.7. The van der Waals surface area contributed by atoms with Crippen molar-refractivity contribution in [1.82, 2.24) is 14.5 Å². The van der Waals surface area contributed by atoms with Crippen LogP contribution in [0.25, 0.3) is 27.9 Å². The Bertz CT molecular complexity index is 1100. The highest BCUT2D eigenvalue weighted by Gasteiger charge is 2.24. The molecular formula is C17H13N5O2. The molecule has 0 atom stereocenters. The number of anilines is 2. The molecular weight excluding hydrogens is 306 g/mol. The van der Waals surface area contributed by atoms with E-state index < -0.39 is 5.97 Å². The van der Waals surface area contributed by atoms with Crippen LogP contribution in [0.4, 0.5) is 11.5 Å². The second-order valence-electron chi connectivity index (χ2n) is 5.38. The maximum Gasteiger partial charge on any atom is 0.341 e. The van der Waals surface area contributed by atoms with Crippen molar-refractivity contribution in [3.05, 3.63) is 54.1 Å². The largest absolute Gasteiger partial charge is 0.477 e. The lowest BCUT2D eigenvalue weighted by atomic mass is 10.2. The Kier molecular flexibility index (Phi) is 2.89. The van der Waals surface area contributed by atoms with Gasteiger partial charge in [0.25, 0.3) is 0 Å². The Morgan fingerprint density at radius 2 is 1.58 bits per heavy atom. The van der Waals surface area contributed by atoms with Crippen molar-refractivity contribution < 1.29 is 9.90 Å². The molecule has 0 bridgehead atoms. The van der Waals surface area contributed by atoms with E-state index >= 15 is 0 Å². The molecule has 0 fully saturated rings. The molecule has 2 aromatic carbocycles. The smallest absolute Gasteiger partial charge is 0.341 e. The summed E-state index contributed by atoms with van der Waals surface area (Å²) in [7, 11) is 0. The van der Waals surface area contributed by atoms with Crippen LogP contribution in [0.3, 0.4) is 0 Å². The molecule has 7 nitrogen and oxygen atoms in total. The van der Waals surface area contributed by atoms with Crippen molar-refractivity contribution in [2.45, 2.75) is 0 Å². The lowest BCUT2D eigenvalue weighted by Crippen LogP contribution is -2.05. The highest BCUT2D eigenvalue weighted by atomic mass is 16.4. The van der Waals surface area contributed by atoms with E-state index in [2.05, 4.69) is 9.97 Å². The first kappa shape index (κ1) is 14.0. The van der Waals surface area contributed by atoms with Crippen LogP contribution in [0, 0.1) is 0 Å². The third-order valence-corrected chi connectivity index (χ3v) is 3.86. The second-order valence-corrected chi connectivity index (χ2v) is 5.38. The lowest BCUT2D eigenvalue weighted by Gasteiger charge is -2.08. The quantitative estimate of drug-likeness (QED) is 0.488. The minimum absolute atomic E-state index is 0.0555. The average Bonchev–Trinajstić information content (AvgIpc) is 2.85. The van der Waals surface area contributed by atoms with Gasteiger partial charge < -0.3 is 16.6 Å². The Morgan fingerprint density at radius 1 is 0.958 bits per heavy atom. The number of hydrogen-bond donors (Lipinski definition) is 3. The fourth-order valence-corrected chi connectivity index (χ4v) is 2.76. The average molecular weight is 319 g/mol. The van der Waals surface area contributed by atoms with Crippen LogP contribution in [0.2, 0.25) is 0 Å². The molecule has 7 heteroatoms. The number of nitrogens with zero attached hydrogens (tertiary/aromatic N) is 3. The normalized spacial score (nSPS) is 11.2. The van der Waals surface area contributed by atoms with Gasteiger partial charge in [0.05, 0.1) is 11.0 Å². The predicted octanol–water partition coefficient (Wildman–Crippen LogP) is 2.44. The molecule has 4 rings (SSSR count). The van der Waals surface area contributed by atoms with E-state index in [0.717, 1.165) is 0 Å². The van der Waals surface area contributed by atoms with Gasteiger partial charge in [0.1, 0.15) is 16.9 Å². The molecule has 5 N–H and O–H groups in total.